The lowest BCUT2D eigenvalue weighted by Gasteiger charge is -2.62. The Labute approximate surface area is 154 Å². The maximum atomic E-state index is 12.2. The summed E-state index contributed by atoms with van der Waals surface area (Å²) < 4.78 is 0. The Morgan fingerprint density at radius 1 is 0.960 bits per heavy atom. The fraction of sp³-hybridized carbons (Fsp3) is 0.957. The van der Waals surface area contributed by atoms with Gasteiger partial charge in [-0.15, -0.1) is 0 Å². The number of ketones is 1. The zero-order valence-corrected chi connectivity index (χ0v) is 16.8. The van der Waals surface area contributed by atoms with Gasteiger partial charge in [-0.2, -0.15) is 0 Å². The first-order chi connectivity index (χ1) is 11.7. The summed E-state index contributed by atoms with van der Waals surface area (Å²) in [6.07, 6.45) is 11.8. The van der Waals surface area contributed by atoms with Crippen LogP contribution in [0.25, 0.3) is 0 Å². The van der Waals surface area contributed by atoms with Gasteiger partial charge in [-0.05, 0) is 106 Å². The van der Waals surface area contributed by atoms with E-state index in [2.05, 4.69) is 20.8 Å². The fourth-order valence-corrected chi connectivity index (χ4v) is 8.31. The summed E-state index contributed by atoms with van der Waals surface area (Å²) in [6.45, 7) is 8.98. The number of hydrogen-bond donors (Lipinski definition) is 1. The second-order valence-corrected chi connectivity index (χ2v) is 10.7. The van der Waals surface area contributed by atoms with E-state index in [1.807, 2.05) is 6.92 Å². The Kier molecular flexibility index (Phi) is 4.19. The molecule has 25 heavy (non-hydrogen) atoms. The number of aliphatic hydroxyl groups is 1. The topological polar surface area (TPSA) is 37.3 Å². The second kappa shape index (κ2) is 5.81. The van der Waals surface area contributed by atoms with Crippen LogP contribution < -0.4 is 0 Å². The molecule has 142 valence electrons. The molecule has 8 atom stereocenters. The van der Waals surface area contributed by atoms with E-state index in [4.69, 9.17) is 0 Å². The fourth-order valence-electron chi connectivity index (χ4n) is 8.31. The summed E-state index contributed by atoms with van der Waals surface area (Å²) in [5.74, 6) is 3.90. The van der Waals surface area contributed by atoms with E-state index < -0.39 is 5.60 Å². The van der Waals surface area contributed by atoms with Crippen LogP contribution in [0.15, 0.2) is 0 Å². The normalized spacial score (nSPS) is 55.2. The Morgan fingerprint density at radius 2 is 1.68 bits per heavy atom. The maximum Gasteiger partial charge on any atom is 0.133 e. The van der Waals surface area contributed by atoms with Crippen molar-refractivity contribution < 1.29 is 9.90 Å². The first kappa shape index (κ1) is 18.0. The molecule has 0 bridgehead atoms. The van der Waals surface area contributed by atoms with Crippen molar-refractivity contribution in [3.8, 4) is 0 Å². The van der Waals surface area contributed by atoms with Crippen molar-refractivity contribution >= 4 is 5.78 Å². The molecule has 2 heteroatoms. The van der Waals surface area contributed by atoms with E-state index in [9.17, 15) is 9.90 Å². The third-order valence-corrected chi connectivity index (χ3v) is 9.97. The van der Waals surface area contributed by atoms with Gasteiger partial charge >= 0.3 is 0 Å². The van der Waals surface area contributed by atoms with Crippen LogP contribution >= 0.6 is 0 Å². The summed E-state index contributed by atoms with van der Waals surface area (Å²) in [6, 6.07) is 0. The summed E-state index contributed by atoms with van der Waals surface area (Å²) in [4.78, 5) is 12.2. The SMILES string of the molecule is CCC1(O)CC[C@@]2(C)C(CC[C@H]3[C@@H]4CC[C@H](C(C)=O)[C@@]4(C)CC[C@@H]32)C1. The van der Waals surface area contributed by atoms with E-state index in [1.54, 1.807) is 0 Å². The number of carbonyl (C=O) groups excluding carboxylic acids is 1. The molecule has 2 unspecified atom stereocenters. The van der Waals surface area contributed by atoms with Gasteiger partial charge in [-0.25, -0.2) is 0 Å². The standard InChI is InChI=1S/C23H38O2/c1-5-23(25)13-12-21(3)16(14-23)6-7-17-19-9-8-18(15(2)24)22(19,4)11-10-20(17)21/h16-20,25H,5-14H2,1-4H3/t16?,17-,18+,19-,20-,21-,22+,23?/m0/s1. The lowest BCUT2D eigenvalue weighted by atomic mass is 9.43. The summed E-state index contributed by atoms with van der Waals surface area (Å²) >= 11 is 0. The molecule has 4 aliphatic rings. The molecule has 0 spiro atoms. The van der Waals surface area contributed by atoms with Gasteiger partial charge in [0.15, 0.2) is 0 Å². The van der Waals surface area contributed by atoms with Crippen LogP contribution in [0.4, 0.5) is 0 Å². The molecule has 4 rings (SSSR count). The molecule has 0 heterocycles. The van der Waals surface area contributed by atoms with Crippen molar-refractivity contribution in [1.82, 2.24) is 0 Å². The minimum Gasteiger partial charge on any atom is -0.390 e. The molecule has 0 aromatic carbocycles. The van der Waals surface area contributed by atoms with Crippen LogP contribution in [0.1, 0.15) is 91.9 Å². The molecule has 0 radical (unpaired) electrons. The molecule has 2 nitrogen and oxygen atoms in total. The van der Waals surface area contributed by atoms with Crippen LogP contribution in [0, 0.1) is 40.4 Å². The largest absolute Gasteiger partial charge is 0.390 e. The van der Waals surface area contributed by atoms with Gasteiger partial charge in [0.25, 0.3) is 0 Å². The average molecular weight is 347 g/mol. The average Bonchev–Trinajstić information content (AvgIpc) is 2.93. The van der Waals surface area contributed by atoms with Crippen LogP contribution in [0.2, 0.25) is 0 Å². The third kappa shape index (κ3) is 2.49. The van der Waals surface area contributed by atoms with Crippen LogP contribution in [0.5, 0.6) is 0 Å². The Balaban J connectivity index is 1.59. The molecule has 4 aliphatic carbocycles. The summed E-state index contributed by atoms with van der Waals surface area (Å²) in [5, 5.41) is 10.9. The van der Waals surface area contributed by atoms with Gasteiger partial charge < -0.3 is 5.11 Å². The molecule has 0 saturated heterocycles. The van der Waals surface area contributed by atoms with Crippen LogP contribution in [-0.4, -0.2) is 16.5 Å². The Bertz CT molecular complexity index is 556. The monoisotopic (exact) mass is 346 g/mol. The number of Topliss-reactive ketones (excluding diaryl/α,β-unsaturated/α-hetero) is 1. The highest BCUT2D eigenvalue weighted by atomic mass is 16.3. The summed E-state index contributed by atoms with van der Waals surface area (Å²) in [5.41, 5.74) is 0.308. The molecule has 1 N–H and O–H groups in total. The lowest BCUT2D eigenvalue weighted by Crippen LogP contribution is -2.56. The van der Waals surface area contributed by atoms with Crippen molar-refractivity contribution in [3.63, 3.8) is 0 Å². The summed E-state index contributed by atoms with van der Waals surface area (Å²) in [7, 11) is 0. The van der Waals surface area contributed by atoms with E-state index in [1.165, 1.54) is 38.5 Å². The number of hydrogen-bond acceptors (Lipinski definition) is 2. The van der Waals surface area contributed by atoms with Gasteiger partial charge in [0.05, 0.1) is 5.60 Å². The van der Waals surface area contributed by atoms with Crippen LogP contribution in [0.3, 0.4) is 0 Å². The molecular formula is C23H38O2. The highest BCUT2D eigenvalue weighted by Gasteiger charge is 2.61. The molecule has 0 aromatic rings. The van der Waals surface area contributed by atoms with Crippen LogP contribution in [-0.2, 0) is 4.79 Å². The van der Waals surface area contributed by atoms with Crippen molar-refractivity contribution in [2.75, 3.05) is 0 Å². The number of rotatable bonds is 2. The predicted octanol–water partition coefficient (Wildman–Crippen LogP) is 5.38. The molecule has 4 saturated carbocycles. The highest BCUT2D eigenvalue weighted by molar-refractivity contribution is 5.79. The molecular weight excluding hydrogens is 308 g/mol. The quantitative estimate of drug-likeness (QED) is 0.729. The van der Waals surface area contributed by atoms with Gasteiger partial charge in [-0.3, -0.25) is 4.79 Å². The third-order valence-electron chi connectivity index (χ3n) is 9.97. The van der Waals surface area contributed by atoms with Crippen molar-refractivity contribution in [1.29, 1.82) is 0 Å². The van der Waals surface area contributed by atoms with E-state index in [-0.39, 0.29) is 5.41 Å². The first-order valence-electron chi connectivity index (χ1n) is 11.0. The Hall–Kier alpha value is -0.370. The van der Waals surface area contributed by atoms with Gasteiger partial charge in [0.1, 0.15) is 5.78 Å². The van der Waals surface area contributed by atoms with Crippen molar-refractivity contribution in [2.45, 2.75) is 97.5 Å². The highest BCUT2D eigenvalue weighted by Crippen LogP contribution is 2.68. The molecule has 0 aromatic heterocycles. The number of fused-ring (bicyclic) bond motifs is 5. The smallest absolute Gasteiger partial charge is 0.133 e. The zero-order valence-electron chi connectivity index (χ0n) is 16.8. The molecule has 0 aliphatic heterocycles. The first-order valence-corrected chi connectivity index (χ1v) is 11.0. The Morgan fingerprint density at radius 3 is 2.36 bits per heavy atom. The lowest BCUT2D eigenvalue weighted by molar-refractivity contribution is -0.154. The van der Waals surface area contributed by atoms with E-state index in [0.717, 1.165) is 43.4 Å². The van der Waals surface area contributed by atoms with Gasteiger partial charge in [-0.1, -0.05) is 20.8 Å². The van der Waals surface area contributed by atoms with E-state index in [0.29, 0.717) is 23.0 Å². The maximum absolute atomic E-state index is 12.2. The van der Waals surface area contributed by atoms with Gasteiger partial charge in [0.2, 0.25) is 0 Å². The minimum absolute atomic E-state index is 0.273. The second-order valence-electron chi connectivity index (χ2n) is 10.7. The minimum atomic E-state index is -0.396. The van der Waals surface area contributed by atoms with E-state index >= 15 is 0 Å². The van der Waals surface area contributed by atoms with Crippen molar-refractivity contribution in [3.05, 3.63) is 0 Å². The van der Waals surface area contributed by atoms with Crippen molar-refractivity contribution in [2.24, 2.45) is 40.4 Å². The molecule has 0 amide bonds. The zero-order chi connectivity index (χ0) is 18.0. The number of carbonyl (C=O) groups is 1. The molecule has 4 fully saturated rings. The predicted molar refractivity (Wildman–Crippen MR) is 101 cm³/mol. The van der Waals surface area contributed by atoms with Gasteiger partial charge in [0, 0.05) is 5.92 Å².